The van der Waals surface area contributed by atoms with Crippen LogP contribution in [-0.4, -0.2) is 24.2 Å². The highest BCUT2D eigenvalue weighted by atomic mass is 35.5. The highest BCUT2D eigenvalue weighted by Crippen LogP contribution is 2.24. The van der Waals surface area contributed by atoms with Crippen molar-refractivity contribution in [2.24, 2.45) is 5.41 Å². The van der Waals surface area contributed by atoms with E-state index in [1.807, 2.05) is 13.8 Å². The predicted molar refractivity (Wildman–Crippen MR) is 78.3 cm³/mol. The second-order valence-corrected chi connectivity index (χ2v) is 5.78. The van der Waals surface area contributed by atoms with Gasteiger partial charge in [-0.25, -0.2) is 0 Å². The first-order valence-electron chi connectivity index (χ1n) is 6.30. The van der Waals surface area contributed by atoms with E-state index in [9.17, 15) is 4.79 Å². The summed E-state index contributed by atoms with van der Waals surface area (Å²) in [6, 6.07) is 5.00. The van der Waals surface area contributed by atoms with Crippen LogP contribution in [0, 0.1) is 5.41 Å². The Hall–Kier alpha value is -1.26. The molecule has 19 heavy (non-hydrogen) atoms. The van der Waals surface area contributed by atoms with Crippen LogP contribution in [0.2, 0.25) is 5.02 Å². The van der Waals surface area contributed by atoms with Gasteiger partial charge in [-0.1, -0.05) is 31.5 Å². The molecule has 1 rings (SSSR count). The molecule has 0 unspecified atom stereocenters. The van der Waals surface area contributed by atoms with Gasteiger partial charge >= 0.3 is 0 Å². The number of hydrogen-bond acceptors (Lipinski definition) is 3. The number of benzene rings is 1. The largest absolute Gasteiger partial charge is 0.397 e. The molecular weight excluding hydrogens is 264 g/mol. The molecule has 0 aromatic heterocycles. The van der Waals surface area contributed by atoms with Gasteiger partial charge < -0.3 is 16.2 Å². The molecule has 0 fully saturated rings. The zero-order valence-corrected chi connectivity index (χ0v) is 12.1. The number of nitrogen functional groups attached to an aromatic ring is 1. The Morgan fingerprint density at radius 3 is 2.79 bits per heavy atom. The number of carbonyl (C=O) groups excluding carboxylic acids is 1. The molecule has 1 amide bonds. The normalized spacial score (nSPS) is 11.4. The zero-order valence-electron chi connectivity index (χ0n) is 11.4. The van der Waals surface area contributed by atoms with Gasteiger partial charge in [-0.2, -0.15) is 0 Å². The summed E-state index contributed by atoms with van der Waals surface area (Å²) in [7, 11) is 0. The van der Waals surface area contributed by atoms with Crippen LogP contribution in [0.5, 0.6) is 0 Å². The molecule has 4 N–H and O–H groups in total. The standard InChI is InChI=1S/C14H21ClN2O2/c1-14(2,7-4-8-18)9-17-13(19)10-5-3-6-11(15)12(10)16/h3,5-6,18H,4,7-9,16H2,1-2H3,(H,17,19). The minimum absolute atomic E-state index is 0.0638. The van der Waals surface area contributed by atoms with Crippen molar-refractivity contribution < 1.29 is 9.90 Å². The lowest BCUT2D eigenvalue weighted by molar-refractivity contribution is 0.0934. The summed E-state index contributed by atoms with van der Waals surface area (Å²) in [4.78, 5) is 12.0. The summed E-state index contributed by atoms with van der Waals surface area (Å²) >= 11 is 5.88. The second-order valence-electron chi connectivity index (χ2n) is 5.38. The lowest BCUT2D eigenvalue weighted by Gasteiger charge is -2.24. The Bertz CT molecular complexity index is 447. The molecule has 0 saturated heterocycles. The van der Waals surface area contributed by atoms with E-state index in [0.717, 1.165) is 12.8 Å². The molecule has 5 heteroatoms. The minimum atomic E-state index is -0.225. The van der Waals surface area contributed by atoms with Gasteiger partial charge in [-0.3, -0.25) is 4.79 Å². The van der Waals surface area contributed by atoms with Gasteiger partial charge in [-0.15, -0.1) is 0 Å². The van der Waals surface area contributed by atoms with E-state index in [0.29, 0.717) is 22.8 Å². The number of hydrogen-bond donors (Lipinski definition) is 3. The van der Waals surface area contributed by atoms with E-state index in [-0.39, 0.29) is 17.9 Å². The number of aliphatic hydroxyl groups excluding tert-OH is 1. The predicted octanol–water partition coefficient (Wildman–Crippen LogP) is 2.45. The smallest absolute Gasteiger partial charge is 0.253 e. The molecule has 4 nitrogen and oxygen atoms in total. The van der Waals surface area contributed by atoms with Crippen molar-refractivity contribution in [2.75, 3.05) is 18.9 Å². The first-order valence-corrected chi connectivity index (χ1v) is 6.68. The molecule has 106 valence electrons. The number of halogens is 1. The van der Waals surface area contributed by atoms with Crippen molar-refractivity contribution in [3.63, 3.8) is 0 Å². The van der Waals surface area contributed by atoms with Crippen molar-refractivity contribution in [1.82, 2.24) is 5.32 Å². The number of nitrogens with two attached hydrogens (primary N) is 1. The Morgan fingerprint density at radius 2 is 2.16 bits per heavy atom. The number of nitrogens with one attached hydrogen (secondary N) is 1. The van der Waals surface area contributed by atoms with Crippen LogP contribution in [0.1, 0.15) is 37.0 Å². The summed E-state index contributed by atoms with van der Waals surface area (Å²) in [5.41, 5.74) is 6.41. The van der Waals surface area contributed by atoms with Crippen molar-refractivity contribution >= 4 is 23.2 Å². The molecule has 0 aliphatic heterocycles. The summed E-state index contributed by atoms with van der Waals surface area (Å²) in [5, 5.41) is 12.1. The molecule has 0 radical (unpaired) electrons. The first-order chi connectivity index (χ1) is 8.87. The van der Waals surface area contributed by atoms with Gasteiger partial charge in [0.25, 0.3) is 5.91 Å². The third kappa shape index (κ3) is 4.73. The number of anilines is 1. The number of amides is 1. The molecule has 0 aliphatic carbocycles. The lowest BCUT2D eigenvalue weighted by atomic mass is 9.88. The first kappa shape index (κ1) is 15.8. The third-order valence-electron chi connectivity index (χ3n) is 3.04. The topological polar surface area (TPSA) is 75.3 Å². The summed E-state index contributed by atoms with van der Waals surface area (Å²) < 4.78 is 0. The Morgan fingerprint density at radius 1 is 1.47 bits per heavy atom. The van der Waals surface area contributed by atoms with Crippen LogP contribution >= 0.6 is 11.6 Å². The maximum Gasteiger partial charge on any atom is 0.253 e. The van der Waals surface area contributed by atoms with E-state index in [1.165, 1.54) is 0 Å². The third-order valence-corrected chi connectivity index (χ3v) is 3.37. The van der Waals surface area contributed by atoms with E-state index in [2.05, 4.69) is 5.32 Å². The maximum absolute atomic E-state index is 12.0. The van der Waals surface area contributed by atoms with E-state index in [4.69, 9.17) is 22.4 Å². The van der Waals surface area contributed by atoms with Crippen LogP contribution in [-0.2, 0) is 0 Å². The SMILES string of the molecule is CC(C)(CCCO)CNC(=O)c1cccc(Cl)c1N. The summed E-state index contributed by atoms with van der Waals surface area (Å²) in [6.07, 6.45) is 1.57. The monoisotopic (exact) mass is 284 g/mol. The molecule has 0 saturated carbocycles. The van der Waals surface area contributed by atoms with Gasteiger partial charge in [0.1, 0.15) is 0 Å². The van der Waals surface area contributed by atoms with Crippen LogP contribution in [0.3, 0.4) is 0 Å². The molecule has 0 aliphatic rings. The summed E-state index contributed by atoms with van der Waals surface area (Å²) in [5.74, 6) is -0.225. The Kier molecular flexibility index (Phi) is 5.63. The molecule has 0 spiro atoms. The van der Waals surface area contributed by atoms with Gasteiger partial charge in [0.15, 0.2) is 0 Å². The molecule has 0 atom stereocenters. The number of para-hydroxylation sites is 1. The van der Waals surface area contributed by atoms with Gasteiger partial charge in [-0.05, 0) is 30.4 Å². The fraction of sp³-hybridized carbons (Fsp3) is 0.500. The van der Waals surface area contributed by atoms with E-state index >= 15 is 0 Å². The molecule has 0 bridgehead atoms. The lowest BCUT2D eigenvalue weighted by Crippen LogP contribution is -2.34. The van der Waals surface area contributed by atoms with Gasteiger partial charge in [0.05, 0.1) is 16.3 Å². The zero-order chi connectivity index (χ0) is 14.5. The number of carbonyl (C=O) groups is 1. The molecular formula is C14H21ClN2O2. The quantitative estimate of drug-likeness (QED) is 0.702. The summed E-state index contributed by atoms with van der Waals surface area (Å²) in [6.45, 7) is 4.78. The minimum Gasteiger partial charge on any atom is -0.397 e. The fourth-order valence-corrected chi connectivity index (χ4v) is 1.97. The molecule has 0 heterocycles. The highest BCUT2D eigenvalue weighted by molar-refractivity contribution is 6.33. The van der Waals surface area contributed by atoms with Crippen LogP contribution in [0.25, 0.3) is 0 Å². The molecule has 1 aromatic carbocycles. The van der Waals surface area contributed by atoms with Crippen molar-refractivity contribution in [1.29, 1.82) is 0 Å². The van der Waals surface area contributed by atoms with Crippen molar-refractivity contribution in [2.45, 2.75) is 26.7 Å². The second kappa shape index (κ2) is 6.78. The van der Waals surface area contributed by atoms with E-state index < -0.39 is 0 Å². The molecule has 1 aromatic rings. The van der Waals surface area contributed by atoms with Crippen LogP contribution < -0.4 is 11.1 Å². The Labute approximate surface area is 118 Å². The fourth-order valence-electron chi connectivity index (χ4n) is 1.80. The van der Waals surface area contributed by atoms with Gasteiger partial charge in [0, 0.05) is 13.2 Å². The highest BCUT2D eigenvalue weighted by Gasteiger charge is 2.19. The maximum atomic E-state index is 12.0. The number of rotatable bonds is 6. The van der Waals surface area contributed by atoms with Crippen molar-refractivity contribution in [3.8, 4) is 0 Å². The average molecular weight is 285 g/mol. The van der Waals surface area contributed by atoms with Crippen molar-refractivity contribution in [3.05, 3.63) is 28.8 Å². The van der Waals surface area contributed by atoms with Crippen LogP contribution in [0.4, 0.5) is 5.69 Å². The van der Waals surface area contributed by atoms with E-state index in [1.54, 1.807) is 18.2 Å². The number of aliphatic hydroxyl groups is 1. The van der Waals surface area contributed by atoms with Crippen LogP contribution in [0.15, 0.2) is 18.2 Å². The average Bonchev–Trinajstić information content (AvgIpc) is 2.37. The van der Waals surface area contributed by atoms with Gasteiger partial charge in [0.2, 0.25) is 0 Å². The Balaban J connectivity index is 2.63.